The summed E-state index contributed by atoms with van der Waals surface area (Å²) in [6.45, 7) is 3.33. The SMILES string of the molecule is O=C(c1ccc2cnccc2c1)N1CCNCC1. The van der Waals surface area contributed by atoms with Gasteiger partial charge in [0.15, 0.2) is 0 Å². The largest absolute Gasteiger partial charge is 0.336 e. The number of carbonyl (C=O) groups excluding carboxylic acids is 1. The summed E-state index contributed by atoms with van der Waals surface area (Å²) in [5, 5.41) is 5.37. The quantitative estimate of drug-likeness (QED) is 0.818. The average molecular weight is 241 g/mol. The summed E-state index contributed by atoms with van der Waals surface area (Å²) in [7, 11) is 0. The normalized spacial score (nSPS) is 15.9. The summed E-state index contributed by atoms with van der Waals surface area (Å²) in [6, 6.07) is 7.72. The molecule has 4 heteroatoms. The van der Waals surface area contributed by atoms with Gasteiger partial charge in [0.25, 0.3) is 5.91 Å². The van der Waals surface area contributed by atoms with Gasteiger partial charge in [0.2, 0.25) is 0 Å². The molecule has 1 aliphatic rings. The highest BCUT2D eigenvalue weighted by atomic mass is 16.2. The number of amides is 1. The van der Waals surface area contributed by atoms with Crippen LogP contribution in [-0.2, 0) is 0 Å². The molecule has 1 fully saturated rings. The van der Waals surface area contributed by atoms with Crippen molar-refractivity contribution < 1.29 is 4.79 Å². The van der Waals surface area contributed by atoms with Crippen molar-refractivity contribution >= 4 is 16.7 Å². The van der Waals surface area contributed by atoms with E-state index in [0.717, 1.165) is 42.5 Å². The van der Waals surface area contributed by atoms with Gasteiger partial charge in [-0.15, -0.1) is 0 Å². The number of nitrogens with one attached hydrogen (secondary N) is 1. The van der Waals surface area contributed by atoms with Crippen molar-refractivity contribution in [2.24, 2.45) is 0 Å². The molecule has 0 unspecified atom stereocenters. The zero-order chi connectivity index (χ0) is 12.4. The fraction of sp³-hybridized carbons (Fsp3) is 0.286. The van der Waals surface area contributed by atoms with Crippen LogP contribution in [0.5, 0.6) is 0 Å². The van der Waals surface area contributed by atoms with E-state index in [4.69, 9.17) is 0 Å². The lowest BCUT2D eigenvalue weighted by Crippen LogP contribution is -2.46. The van der Waals surface area contributed by atoms with Gasteiger partial charge < -0.3 is 10.2 Å². The Kier molecular flexibility index (Phi) is 2.94. The molecule has 4 nitrogen and oxygen atoms in total. The van der Waals surface area contributed by atoms with E-state index in [0.29, 0.717) is 0 Å². The number of hydrogen-bond donors (Lipinski definition) is 1. The summed E-state index contributed by atoms with van der Waals surface area (Å²) >= 11 is 0. The molecule has 92 valence electrons. The number of aromatic nitrogens is 1. The van der Waals surface area contributed by atoms with Gasteiger partial charge in [-0.3, -0.25) is 9.78 Å². The second kappa shape index (κ2) is 4.74. The number of hydrogen-bond acceptors (Lipinski definition) is 3. The van der Waals surface area contributed by atoms with Crippen LogP contribution in [0.2, 0.25) is 0 Å². The maximum atomic E-state index is 12.3. The van der Waals surface area contributed by atoms with Crippen LogP contribution < -0.4 is 5.32 Å². The van der Waals surface area contributed by atoms with Crippen molar-refractivity contribution in [1.82, 2.24) is 15.2 Å². The van der Waals surface area contributed by atoms with Crippen LogP contribution in [0.15, 0.2) is 36.7 Å². The molecule has 1 aromatic carbocycles. The third-order valence-corrected chi connectivity index (χ3v) is 3.29. The van der Waals surface area contributed by atoms with Gasteiger partial charge in [0, 0.05) is 49.5 Å². The minimum atomic E-state index is 0.121. The van der Waals surface area contributed by atoms with Crippen LogP contribution in [0.25, 0.3) is 10.8 Å². The van der Waals surface area contributed by atoms with E-state index in [1.54, 1.807) is 6.20 Å². The van der Waals surface area contributed by atoms with E-state index >= 15 is 0 Å². The van der Waals surface area contributed by atoms with Crippen molar-refractivity contribution in [3.05, 3.63) is 42.2 Å². The van der Waals surface area contributed by atoms with E-state index in [1.165, 1.54) is 0 Å². The van der Waals surface area contributed by atoms with E-state index in [2.05, 4.69) is 10.3 Å². The Bertz CT molecular complexity index is 576. The summed E-state index contributed by atoms with van der Waals surface area (Å²) in [6.07, 6.45) is 3.57. The number of nitrogens with zero attached hydrogens (tertiary/aromatic N) is 2. The van der Waals surface area contributed by atoms with Crippen molar-refractivity contribution in [3.8, 4) is 0 Å². The Labute approximate surface area is 106 Å². The Hall–Kier alpha value is -1.94. The van der Waals surface area contributed by atoms with Gasteiger partial charge in [0.05, 0.1) is 0 Å². The van der Waals surface area contributed by atoms with Gasteiger partial charge in [0.1, 0.15) is 0 Å². The molecule has 18 heavy (non-hydrogen) atoms. The predicted octanol–water partition coefficient (Wildman–Crippen LogP) is 1.28. The molecule has 1 amide bonds. The molecular formula is C14H15N3O. The average Bonchev–Trinajstić information content (AvgIpc) is 2.47. The van der Waals surface area contributed by atoms with Crippen LogP contribution in [0.1, 0.15) is 10.4 Å². The lowest BCUT2D eigenvalue weighted by molar-refractivity contribution is 0.0736. The first-order valence-corrected chi connectivity index (χ1v) is 6.18. The maximum absolute atomic E-state index is 12.3. The van der Waals surface area contributed by atoms with Gasteiger partial charge in [-0.1, -0.05) is 6.07 Å². The second-order valence-electron chi connectivity index (χ2n) is 4.48. The Morgan fingerprint density at radius 1 is 1.17 bits per heavy atom. The summed E-state index contributed by atoms with van der Waals surface area (Å²) in [5.41, 5.74) is 0.760. The monoisotopic (exact) mass is 241 g/mol. The van der Waals surface area contributed by atoms with E-state index in [-0.39, 0.29) is 5.91 Å². The summed E-state index contributed by atoms with van der Waals surface area (Å²) < 4.78 is 0. The number of rotatable bonds is 1. The minimum Gasteiger partial charge on any atom is -0.336 e. The number of carbonyl (C=O) groups is 1. The zero-order valence-electron chi connectivity index (χ0n) is 10.1. The Morgan fingerprint density at radius 2 is 2.00 bits per heavy atom. The molecule has 0 atom stereocenters. The molecule has 0 spiro atoms. The number of pyridine rings is 1. The molecule has 1 aliphatic heterocycles. The number of piperazine rings is 1. The lowest BCUT2D eigenvalue weighted by Gasteiger charge is -2.27. The topological polar surface area (TPSA) is 45.2 Å². The molecule has 1 saturated heterocycles. The van der Waals surface area contributed by atoms with E-state index in [1.807, 2.05) is 35.4 Å². The van der Waals surface area contributed by atoms with Crippen molar-refractivity contribution in [2.75, 3.05) is 26.2 Å². The van der Waals surface area contributed by atoms with Crippen LogP contribution in [0.4, 0.5) is 0 Å². The standard InChI is InChI=1S/C14H15N3O/c18-14(17-7-5-15-6-8-17)12-1-2-13-10-16-4-3-11(13)9-12/h1-4,9-10,15H,5-8H2. The van der Waals surface area contributed by atoms with Gasteiger partial charge in [-0.25, -0.2) is 0 Å². The van der Waals surface area contributed by atoms with Crippen LogP contribution in [0.3, 0.4) is 0 Å². The predicted molar refractivity (Wildman–Crippen MR) is 70.5 cm³/mol. The van der Waals surface area contributed by atoms with E-state index < -0.39 is 0 Å². The Morgan fingerprint density at radius 3 is 2.83 bits per heavy atom. The fourth-order valence-electron chi connectivity index (χ4n) is 2.27. The summed E-state index contributed by atoms with van der Waals surface area (Å²) in [5.74, 6) is 0.121. The van der Waals surface area contributed by atoms with Gasteiger partial charge in [-0.2, -0.15) is 0 Å². The van der Waals surface area contributed by atoms with Crippen molar-refractivity contribution in [2.45, 2.75) is 0 Å². The summed E-state index contributed by atoms with van der Waals surface area (Å²) in [4.78, 5) is 18.3. The second-order valence-corrected chi connectivity index (χ2v) is 4.48. The molecule has 1 aromatic heterocycles. The smallest absolute Gasteiger partial charge is 0.253 e. The molecule has 2 heterocycles. The maximum Gasteiger partial charge on any atom is 0.253 e. The molecule has 1 N–H and O–H groups in total. The third-order valence-electron chi connectivity index (χ3n) is 3.29. The molecular weight excluding hydrogens is 226 g/mol. The third kappa shape index (κ3) is 2.07. The molecule has 3 rings (SSSR count). The number of benzene rings is 1. The van der Waals surface area contributed by atoms with Gasteiger partial charge in [-0.05, 0) is 23.6 Å². The first-order valence-electron chi connectivity index (χ1n) is 6.18. The highest BCUT2D eigenvalue weighted by molar-refractivity contribution is 5.98. The fourth-order valence-corrected chi connectivity index (χ4v) is 2.27. The van der Waals surface area contributed by atoms with Crippen LogP contribution in [-0.4, -0.2) is 42.0 Å². The van der Waals surface area contributed by atoms with Crippen molar-refractivity contribution in [3.63, 3.8) is 0 Å². The molecule has 0 saturated carbocycles. The molecule has 2 aromatic rings. The first-order chi connectivity index (χ1) is 8.84. The Balaban J connectivity index is 1.91. The molecule has 0 radical (unpaired) electrons. The van der Waals surface area contributed by atoms with Crippen LogP contribution >= 0.6 is 0 Å². The van der Waals surface area contributed by atoms with Crippen molar-refractivity contribution in [1.29, 1.82) is 0 Å². The minimum absolute atomic E-state index is 0.121. The highest BCUT2D eigenvalue weighted by Gasteiger charge is 2.17. The highest BCUT2D eigenvalue weighted by Crippen LogP contribution is 2.16. The molecule has 0 bridgehead atoms. The number of fused-ring (bicyclic) bond motifs is 1. The van der Waals surface area contributed by atoms with Crippen LogP contribution in [0, 0.1) is 0 Å². The lowest BCUT2D eigenvalue weighted by atomic mass is 10.1. The molecule has 0 aliphatic carbocycles. The zero-order valence-corrected chi connectivity index (χ0v) is 10.1. The first kappa shape index (κ1) is 11.2. The van der Waals surface area contributed by atoms with Gasteiger partial charge >= 0.3 is 0 Å². The van der Waals surface area contributed by atoms with E-state index in [9.17, 15) is 4.79 Å².